The molecule has 1 rings (SSSR count). The molecule has 0 fully saturated rings. The van der Waals surface area contributed by atoms with E-state index in [1.54, 1.807) is 0 Å². The molecule has 0 unspecified atom stereocenters. The number of alkyl halides is 6. The van der Waals surface area contributed by atoms with Crippen LogP contribution in [0.5, 0.6) is 5.75 Å². The first kappa shape index (κ1) is 16.0. The smallest absolute Gasteiger partial charge is 0.481 e. The van der Waals surface area contributed by atoms with Gasteiger partial charge in [0, 0.05) is 6.07 Å². The topological polar surface area (TPSA) is 59.4 Å². The van der Waals surface area contributed by atoms with Crippen LogP contribution in [-0.2, 0) is 17.4 Å². The quantitative estimate of drug-likeness (QED) is 0.872. The van der Waals surface area contributed by atoms with Gasteiger partial charge in [0.15, 0.2) is 17.3 Å². The summed E-state index contributed by atoms with van der Waals surface area (Å²) in [5.74, 6) is -5.82. The van der Waals surface area contributed by atoms with Crippen molar-refractivity contribution in [2.24, 2.45) is 0 Å². The summed E-state index contributed by atoms with van der Waals surface area (Å²) in [5.41, 5.74) is -3.21. The van der Waals surface area contributed by atoms with E-state index < -0.39 is 47.9 Å². The molecule has 0 aliphatic heterocycles. The molecule has 1 aromatic heterocycles. The van der Waals surface area contributed by atoms with Gasteiger partial charge in [0.05, 0.1) is 12.1 Å². The molecule has 0 saturated carbocycles. The average Bonchev–Trinajstić information content (AvgIpc) is 2.17. The van der Waals surface area contributed by atoms with Crippen LogP contribution in [-0.4, -0.2) is 22.4 Å². The van der Waals surface area contributed by atoms with Crippen LogP contribution < -0.4 is 4.74 Å². The fraction of sp³-hybridized carbons (Fsp3) is 0.333. The highest BCUT2D eigenvalue weighted by molar-refractivity contribution is 5.69. The number of hydrogen-bond donors (Lipinski definition) is 1. The molecule has 1 aromatic rings. The van der Waals surface area contributed by atoms with E-state index in [0.717, 1.165) is 0 Å². The van der Waals surface area contributed by atoms with E-state index in [4.69, 9.17) is 5.11 Å². The van der Waals surface area contributed by atoms with Crippen LogP contribution in [0.3, 0.4) is 0 Å². The lowest BCUT2D eigenvalue weighted by Gasteiger charge is -2.14. The van der Waals surface area contributed by atoms with Crippen LogP contribution in [0.2, 0.25) is 0 Å². The van der Waals surface area contributed by atoms with Gasteiger partial charge in [0.25, 0.3) is 0 Å². The number of carboxylic acids is 1. The van der Waals surface area contributed by atoms with Gasteiger partial charge >= 0.3 is 18.5 Å². The van der Waals surface area contributed by atoms with E-state index >= 15 is 0 Å². The highest BCUT2D eigenvalue weighted by Crippen LogP contribution is 2.35. The molecule has 0 saturated heterocycles. The zero-order valence-corrected chi connectivity index (χ0v) is 9.14. The van der Waals surface area contributed by atoms with Crippen molar-refractivity contribution < 1.29 is 45.4 Å². The Hall–Kier alpha value is -2.07. The van der Waals surface area contributed by atoms with Gasteiger partial charge in [-0.3, -0.25) is 4.79 Å². The van der Waals surface area contributed by atoms with Crippen molar-refractivity contribution in [3.8, 4) is 5.75 Å². The lowest BCUT2D eigenvalue weighted by molar-refractivity contribution is -0.276. The predicted molar refractivity (Wildman–Crippen MR) is 47.2 cm³/mol. The van der Waals surface area contributed by atoms with E-state index in [0.29, 0.717) is 0 Å². The van der Waals surface area contributed by atoms with Crippen LogP contribution >= 0.6 is 0 Å². The van der Waals surface area contributed by atoms with E-state index in [1.165, 1.54) is 0 Å². The van der Waals surface area contributed by atoms with Crippen LogP contribution in [0, 0.1) is 5.82 Å². The molecule has 1 N–H and O–H groups in total. The Bertz CT molecular complexity index is 523. The van der Waals surface area contributed by atoms with Gasteiger partial charge in [-0.2, -0.15) is 13.2 Å². The average molecular weight is 307 g/mol. The third kappa shape index (κ3) is 4.24. The van der Waals surface area contributed by atoms with Crippen molar-refractivity contribution in [1.82, 2.24) is 4.98 Å². The van der Waals surface area contributed by atoms with Gasteiger partial charge in [0.1, 0.15) is 0 Å². The number of hydrogen-bond acceptors (Lipinski definition) is 3. The molecule has 0 radical (unpaired) electrons. The van der Waals surface area contributed by atoms with E-state index in [1.807, 2.05) is 0 Å². The molecule has 20 heavy (non-hydrogen) atoms. The third-order valence-electron chi connectivity index (χ3n) is 1.80. The summed E-state index contributed by atoms with van der Waals surface area (Å²) in [7, 11) is 0. The number of ether oxygens (including phenoxy) is 1. The zero-order chi connectivity index (χ0) is 15.7. The molecule has 0 aliphatic rings. The highest BCUT2D eigenvalue weighted by atomic mass is 19.4. The normalized spacial score (nSPS) is 12.3. The number of aliphatic carboxylic acids is 1. The summed E-state index contributed by atoms with van der Waals surface area (Å²) < 4.78 is 89.3. The summed E-state index contributed by atoms with van der Waals surface area (Å²) in [6.07, 6.45) is -12.0. The van der Waals surface area contributed by atoms with Crippen molar-refractivity contribution in [2.45, 2.75) is 19.0 Å². The molecular formula is C9H4F7NO3. The van der Waals surface area contributed by atoms with Crippen molar-refractivity contribution in [3.63, 3.8) is 0 Å². The lowest BCUT2D eigenvalue weighted by atomic mass is 10.2. The highest BCUT2D eigenvalue weighted by Gasteiger charge is 2.40. The minimum atomic E-state index is -5.44. The number of aromatic nitrogens is 1. The van der Waals surface area contributed by atoms with Crippen molar-refractivity contribution in [3.05, 3.63) is 23.3 Å². The standard InChI is InChI=1S/C9H4F7NO3/c10-6-4(20-9(14,15)16)1-3(2-5(18)19)17-7(6)8(11,12)13/h1H,2H2,(H,18,19). The molecule has 1 heterocycles. The number of rotatable bonds is 3. The maximum absolute atomic E-state index is 13.3. The zero-order valence-electron chi connectivity index (χ0n) is 9.14. The summed E-state index contributed by atoms with van der Waals surface area (Å²) in [6.45, 7) is 0. The van der Waals surface area contributed by atoms with Crippen molar-refractivity contribution in [1.29, 1.82) is 0 Å². The lowest BCUT2D eigenvalue weighted by Crippen LogP contribution is -2.21. The first-order valence-electron chi connectivity index (χ1n) is 4.64. The molecule has 0 spiro atoms. The predicted octanol–water partition coefficient (Wildman–Crippen LogP) is 2.77. The SMILES string of the molecule is O=C(O)Cc1cc(OC(F)(F)F)c(F)c(C(F)(F)F)n1. The Morgan fingerprint density at radius 3 is 2.20 bits per heavy atom. The molecule has 0 amide bonds. The summed E-state index contributed by atoms with van der Waals surface area (Å²) in [4.78, 5) is 13.0. The third-order valence-corrected chi connectivity index (χ3v) is 1.80. The second-order valence-corrected chi connectivity index (χ2v) is 3.39. The minimum Gasteiger partial charge on any atom is -0.481 e. The Kier molecular flexibility index (Phi) is 4.10. The maximum atomic E-state index is 13.3. The molecule has 0 bridgehead atoms. The fourth-order valence-electron chi connectivity index (χ4n) is 1.19. The number of carbonyl (C=O) groups is 1. The Morgan fingerprint density at radius 1 is 1.25 bits per heavy atom. The Balaban J connectivity index is 3.38. The molecular weight excluding hydrogens is 303 g/mol. The largest absolute Gasteiger partial charge is 0.573 e. The van der Waals surface area contributed by atoms with Crippen molar-refractivity contribution in [2.75, 3.05) is 0 Å². The van der Waals surface area contributed by atoms with E-state index in [9.17, 15) is 35.5 Å². The summed E-state index contributed by atoms with van der Waals surface area (Å²) in [6, 6.07) is 0.145. The summed E-state index contributed by atoms with van der Waals surface area (Å²) >= 11 is 0. The maximum Gasteiger partial charge on any atom is 0.573 e. The summed E-state index contributed by atoms with van der Waals surface area (Å²) in [5, 5.41) is 8.38. The van der Waals surface area contributed by atoms with E-state index in [2.05, 4.69) is 9.72 Å². The Labute approximate surface area is 105 Å². The number of halogens is 7. The van der Waals surface area contributed by atoms with E-state index in [-0.39, 0.29) is 6.07 Å². The fourth-order valence-corrected chi connectivity index (χ4v) is 1.19. The monoisotopic (exact) mass is 307 g/mol. The van der Waals surface area contributed by atoms with Gasteiger partial charge < -0.3 is 9.84 Å². The van der Waals surface area contributed by atoms with Crippen LogP contribution in [0.4, 0.5) is 30.7 Å². The van der Waals surface area contributed by atoms with Gasteiger partial charge in [-0.25, -0.2) is 9.37 Å². The molecule has 0 aromatic carbocycles. The molecule has 0 atom stereocenters. The second-order valence-electron chi connectivity index (χ2n) is 3.39. The van der Waals surface area contributed by atoms with Crippen LogP contribution in [0.15, 0.2) is 6.07 Å². The molecule has 11 heteroatoms. The van der Waals surface area contributed by atoms with Crippen LogP contribution in [0.25, 0.3) is 0 Å². The van der Waals surface area contributed by atoms with Gasteiger partial charge in [-0.1, -0.05) is 0 Å². The van der Waals surface area contributed by atoms with Gasteiger partial charge in [-0.15, -0.1) is 13.2 Å². The number of carboxylic acid groups (broad SMARTS) is 1. The Morgan fingerprint density at radius 2 is 1.80 bits per heavy atom. The second kappa shape index (κ2) is 5.13. The van der Waals surface area contributed by atoms with Gasteiger partial charge in [-0.05, 0) is 0 Å². The van der Waals surface area contributed by atoms with Crippen LogP contribution in [0.1, 0.15) is 11.4 Å². The first-order valence-corrected chi connectivity index (χ1v) is 4.64. The first-order chi connectivity index (χ1) is 8.90. The number of nitrogens with zero attached hydrogens (tertiary/aromatic N) is 1. The molecule has 4 nitrogen and oxygen atoms in total. The van der Waals surface area contributed by atoms with Gasteiger partial charge in [0.2, 0.25) is 0 Å². The van der Waals surface area contributed by atoms with Crippen molar-refractivity contribution >= 4 is 5.97 Å². The minimum absolute atomic E-state index is 0.145. The molecule has 112 valence electrons. The number of pyridine rings is 1. The molecule has 0 aliphatic carbocycles.